The van der Waals surface area contributed by atoms with Crippen LogP contribution in [0.2, 0.25) is 0 Å². The van der Waals surface area contributed by atoms with Crippen LogP contribution in [0.4, 0.5) is 4.39 Å². The zero-order valence-corrected chi connectivity index (χ0v) is 11.7. The molecule has 2 nitrogen and oxygen atoms in total. The zero-order valence-electron chi connectivity index (χ0n) is 11.7. The van der Waals surface area contributed by atoms with Crippen LogP contribution >= 0.6 is 0 Å². The molecule has 0 saturated carbocycles. The number of likely N-dealkylation sites (N-methyl/N-ethyl adjacent to an activating group) is 1. The SMILES string of the molecule is CCc1ccc(C(Cc2ccc(F)cc2C)NC)o1. The molecule has 1 unspecified atom stereocenters. The third kappa shape index (κ3) is 3.24. The van der Waals surface area contributed by atoms with E-state index in [0.717, 1.165) is 35.5 Å². The van der Waals surface area contributed by atoms with Crippen LogP contribution in [-0.2, 0) is 12.8 Å². The van der Waals surface area contributed by atoms with Gasteiger partial charge < -0.3 is 9.73 Å². The monoisotopic (exact) mass is 261 g/mol. The van der Waals surface area contributed by atoms with Crippen molar-refractivity contribution in [1.82, 2.24) is 5.32 Å². The number of rotatable bonds is 5. The van der Waals surface area contributed by atoms with Gasteiger partial charge in [0, 0.05) is 6.42 Å². The van der Waals surface area contributed by atoms with Crippen LogP contribution in [-0.4, -0.2) is 7.05 Å². The summed E-state index contributed by atoms with van der Waals surface area (Å²) in [5.41, 5.74) is 2.11. The summed E-state index contributed by atoms with van der Waals surface area (Å²) < 4.78 is 18.9. The topological polar surface area (TPSA) is 25.2 Å². The van der Waals surface area contributed by atoms with Crippen molar-refractivity contribution in [3.63, 3.8) is 0 Å². The minimum atomic E-state index is -0.187. The van der Waals surface area contributed by atoms with Crippen molar-refractivity contribution >= 4 is 0 Å². The third-order valence-corrected chi connectivity index (χ3v) is 3.45. The molecule has 0 saturated heterocycles. The van der Waals surface area contributed by atoms with E-state index >= 15 is 0 Å². The highest BCUT2D eigenvalue weighted by molar-refractivity contribution is 5.28. The van der Waals surface area contributed by atoms with E-state index in [2.05, 4.69) is 12.2 Å². The standard InChI is InChI=1S/C16H20FNO/c1-4-14-7-8-16(19-14)15(18-3)10-12-5-6-13(17)9-11(12)2/h5-9,15,18H,4,10H2,1-3H3. The Hall–Kier alpha value is -1.61. The molecular formula is C16H20FNO. The van der Waals surface area contributed by atoms with Crippen LogP contribution < -0.4 is 5.32 Å². The van der Waals surface area contributed by atoms with Crippen LogP contribution in [0.5, 0.6) is 0 Å². The average Bonchev–Trinajstić information content (AvgIpc) is 2.86. The maximum atomic E-state index is 13.1. The summed E-state index contributed by atoms with van der Waals surface area (Å²) in [5.74, 6) is 1.74. The molecule has 1 aromatic carbocycles. The Morgan fingerprint density at radius 3 is 2.63 bits per heavy atom. The molecule has 0 fully saturated rings. The first kappa shape index (κ1) is 13.8. The lowest BCUT2D eigenvalue weighted by Gasteiger charge is -2.15. The van der Waals surface area contributed by atoms with Crippen LogP contribution in [0.25, 0.3) is 0 Å². The molecule has 102 valence electrons. The molecule has 0 spiro atoms. The summed E-state index contributed by atoms with van der Waals surface area (Å²) >= 11 is 0. The molecule has 1 heterocycles. The van der Waals surface area contributed by atoms with Crippen molar-refractivity contribution in [2.75, 3.05) is 7.05 Å². The minimum absolute atomic E-state index is 0.115. The Labute approximate surface area is 113 Å². The molecule has 0 aliphatic rings. The molecule has 0 radical (unpaired) electrons. The fourth-order valence-electron chi connectivity index (χ4n) is 2.22. The van der Waals surface area contributed by atoms with Gasteiger partial charge in [0.15, 0.2) is 0 Å². The summed E-state index contributed by atoms with van der Waals surface area (Å²) in [6.07, 6.45) is 1.69. The van der Waals surface area contributed by atoms with E-state index in [0.29, 0.717) is 0 Å². The van der Waals surface area contributed by atoms with Crippen LogP contribution in [0.1, 0.15) is 35.6 Å². The molecule has 0 bridgehead atoms. The molecule has 1 N–H and O–H groups in total. The van der Waals surface area contributed by atoms with Gasteiger partial charge in [0.25, 0.3) is 0 Å². The van der Waals surface area contributed by atoms with E-state index < -0.39 is 0 Å². The minimum Gasteiger partial charge on any atom is -0.464 e. The Balaban J connectivity index is 2.18. The summed E-state index contributed by atoms with van der Waals surface area (Å²) in [5, 5.41) is 3.26. The van der Waals surface area contributed by atoms with Crippen LogP contribution in [0.15, 0.2) is 34.7 Å². The molecule has 1 atom stereocenters. The highest BCUT2D eigenvalue weighted by Gasteiger charge is 2.15. The maximum absolute atomic E-state index is 13.1. The van der Waals surface area contributed by atoms with Gasteiger partial charge in [-0.25, -0.2) is 4.39 Å². The lowest BCUT2D eigenvalue weighted by atomic mass is 10.00. The Morgan fingerprint density at radius 1 is 1.26 bits per heavy atom. The van der Waals surface area contributed by atoms with E-state index in [4.69, 9.17) is 4.42 Å². The van der Waals surface area contributed by atoms with Gasteiger partial charge in [-0.15, -0.1) is 0 Å². The number of aryl methyl sites for hydroxylation is 2. The fourth-order valence-corrected chi connectivity index (χ4v) is 2.22. The summed E-state index contributed by atoms with van der Waals surface area (Å²) in [7, 11) is 1.91. The first-order valence-electron chi connectivity index (χ1n) is 6.65. The number of benzene rings is 1. The van der Waals surface area contributed by atoms with Gasteiger partial charge in [0.1, 0.15) is 17.3 Å². The van der Waals surface area contributed by atoms with Gasteiger partial charge in [-0.1, -0.05) is 13.0 Å². The predicted molar refractivity (Wildman–Crippen MR) is 74.7 cm³/mol. The second-order valence-corrected chi connectivity index (χ2v) is 4.77. The average molecular weight is 261 g/mol. The van der Waals surface area contributed by atoms with E-state index in [1.165, 1.54) is 6.07 Å². The molecule has 2 aromatic rings. The van der Waals surface area contributed by atoms with Crippen molar-refractivity contribution in [3.05, 3.63) is 58.8 Å². The smallest absolute Gasteiger partial charge is 0.123 e. The van der Waals surface area contributed by atoms with E-state index in [-0.39, 0.29) is 11.9 Å². The largest absolute Gasteiger partial charge is 0.464 e. The zero-order chi connectivity index (χ0) is 13.8. The first-order valence-corrected chi connectivity index (χ1v) is 6.65. The van der Waals surface area contributed by atoms with E-state index in [9.17, 15) is 4.39 Å². The molecule has 0 aliphatic heterocycles. The molecule has 2 rings (SSSR count). The number of hydrogen-bond acceptors (Lipinski definition) is 2. The van der Waals surface area contributed by atoms with Crippen LogP contribution in [0.3, 0.4) is 0 Å². The Kier molecular flexibility index (Phi) is 4.38. The molecule has 0 aliphatic carbocycles. The maximum Gasteiger partial charge on any atom is 0.123 e. The van der Waals surface area contributed by atoms with Gasteiger partial charge in [0.2, 0.25) is 0 Å². The lowest BCUT2D eigenvalue weighted by molar-refractivity contribution is 0.406. The molecule has 19 heavy (non-hydrogen) atoms. The molecule has 1 aromatic heterocycles. The van der Waals surface area contributed by atoms with Crippen molar-refractivity contribution < 1.29 is 8.81 Å². The van der Waals surface area contributed by atoms with Gasteiger partial charge >= 0.3 is 0 Å². The molecule has 0 amide bonds. The lowest BCUT2D eigenvalue weighted by Crippen LogP contribution is -2.18. The van der Waals surface area contributed by atoms with Crippen molar-refractivity contribution in [1.29, 1.82) is 0 Å². The number of halogens is 1. The van der Waals surface area contributed by atoms with Gasteiger partial charge in [-0.3, -0.25) is 0 Å². The van der Waals surface area contributed by atoms with E-state index in [1.54, 1.807) is 6.07 Å². The quantitative estimate of drug-likeness (QED) is 0.885. The normalized spacial score (nSPS) is 12.6. The van der Waals surface area contributed by atoms with Crippen molar-refractivity contribution in [2.24, 2.45) is 0 Å². The van der Waals surface area contributed by atoms with Gasteiger partial charge in [-0.2, -0.15) is 0 Å². The van der Waals surface area contributed by atoms with Gasteiger partial charge in [0.05, 0.1) is 6.04 Å². The number of furan rings is 1. The fraction of sp³-hybridized carbons (Fsp3) is 0.375. The first-order chi connectivity index (χ1) is 9.13. The Morgan fingerprint density at radius 2 is 2.05 bits per heavy atom. The van der Waals surface area contributed by atoms with E-state index in [1.807, 2.05) is 32.2 Å². The summed E-state index contributed by atoms with van der Waals surface area (Å²) in [6, 6.07) is 9.06. The predicted octanol–water partition coefficient (Wildman–Crippen LogP) is 3.79. The second kappa shape index (κ2) is 6.02. The number of nitrogens with one attached hydrogen (secondary N) is 1. The third-order valence-electron chi connectivity index (χ3n) is 3.45. The Bertz CT molecular complexity index is 547. The highest BCUT2D eigenvalue weighted by atomic mass is 19.1. The van der Waals surface area contributed by atoms with Gasteiger partial charge in [-0.05, 0) is 55.8 Å². The molecule has 3 heteroatoms. The van der Waals surface area contributed by atoms with Crippen LogP contribution in [0, 0.1) is 12.7 Å². The number of hydrogen-bond donors (Lipinski definition) is 1. The highest BCUT2D eigenvalue weighted by Crippen LogP contribution is 2.23. The summed E-state index contributed by atoms with van der Waals surface area (Å²) in [6.45, 7) is 4.01. The van der Waals surface area contributed by atoms with Crippen molar-refractivity contribution in [2.45, 2.75) is 32.7 Å². The van der Waals surface area contributed by atoms with Crippen molar-refractivity contribution in [3.8, 4) is 0 Å². The second-order valence-electron chi connectivity index (χ2n) is 4.77. The molecular weight excluding hydrogens is 241 g/mol. The summed E-state index contributed by atoms with van der Waals surface area (Å²) in [4.78, 5) is 0.